The Kier molecular flexibility index (Phi) is 7.84. The summed E-state index contributed by atoms with van der Waals surface area (Å²) in [5.41, 5.74) is 2.36. The van der Waals surface area contributed by atoms with Crippen LogP contribution in [0.5, 0.6) is 0 Å². The lowest BCUT2D eigenvalue weighted by Crippen LogP contribution is -2.45. The van der Waals surface area contributed by atoms with Crippen LogP contribution in [0.4, 0.5) is 0 Å². The molecule has 1 aliphatic rings. The van der Waals surface area contributed by atoms with E-state index in [9.17, 15) is 9.59 Å². The molecule has 7 nitrogen and oxygen atoms in total. The normalized spacial score (nSPS) is 15.2. The highest BCUT2D eigenvalue weighted by atomic mass is 16.3. The molecular formula is C22H30N4O3. The van der Waals surface area contributed by atoms with E-state index in [1.807, 2.05) is 0 Å². The topological polar surface area (TPSA) is 77.8 Å². The van der Waals surface area contributed by atoms with Gasteiger partial charge in [0, 0.05) is 52.2 Å². The highest BCUT2D eigenvalue weighted by Crippen LogP contribution is 2.10. The summed E-state index contributed by atoms with van der Waals surface area (Å²) >= 11 is 0. The van der Waals surface area contributed by atoms with Crippen molar-refractivity contribution in [2.24, 2.45) is 0 Å². The van der Waals surface area contributed by atoms with Crippen molar-refractivity contribution in [2.75, 3.05) is 39.3 Å². The van der Waals surface area contributed by atoms with E-state index in [-0.39, 0.29) is 30.5 Å². The zero-order valence-corrected chi connectivity index (χ0v) is 17.0. The van der Waals surface area contributed by atoms with Crippen molar-refractivity contribution in [2.45, 2.75) is 26.4 Å². The minimum atomic E-state index is -0.311. The number of benzene rings is 1. The third-order valence-electron chi connectivity index (χ3n) is 5.21. The molecule has 2 heterocycles. The van der Waals surface area contributed by atoms with Crippen LogP contribution in [0.25, 0.3) is 0 Å². The van der Waals surface area contributed by atoms with Crippen LogP contribution >= 0.6 is 0 Å². The lowest BCUT2D eigenvalue weighted by atomic mass is 10.1. The van der Waals surface area contributed by atoms with Crippen LogP contribution in [0.15, 0.2) is 47.1 Å². The van der Waals surface area contributed by atoms with Gasteiger partial charge in [-0.25, -0.2) is 0 Å². The number of hydrogen-bond donors (Lipinski definition) is 2. The molecule has 0 unspecified atom stereocenters. The Morgan fingerprint density at radius 2 is 1.66 bits per heavy atom. The van der Waals surface area contributed by atoms with Crippen LogP contribution in [0.3, 0.4) is 0 Å². The third-order valence-corrected chi connectivity index (χ3v) is 5.21. The first-order valence-corrected chi connectivity index (χ1v) is 10.2. The van der Waals surface area contributed by atoms with Crippen molar-refractivity contribution < 1.29 is 14.0 Å². The van der Waals surface area contributed by atoms with Gasteiger partial charge in [-0.15, -0.1) is 0 Å². The van der Waals surface area contributed by atoms with E-state index < -0.39 is 0 Å². The predicted octanol–water partition coefficient (Wildman–Crippen LogP) is 1.85. The fourth-order valence-electron chi connectivity index (χ4n) is 3.36. The summed E-state index contributed by atoms with van der Waals surface area (Å²) in [5, 5.41) is 5.56. The molecule has 0 atom stereocenters. The lowest BCUT2D eigenvalue weighted by molar-refractivity contribution is -0.121. The number of amides is 2. The number of furan rings is 1. The van der Waals surface area contributed by atoms with Gasteiger partial charge < -0.3 is 20.0 Å². The summed E-state index contributed by atoms with van der Waals surface area (Å²) in [7, 11) is 0. The SMILES string of the molecule is CCN1CCN(Cc2ccc(CNC(=O)CCNC(=O)c3ccco3)cc2)CC1. The standard InChI is InChI=1S/C22H30N4O3/c1-2-25-11-13-26(14-12-25)17-19-7-5-18(6-8-19)16-24-21(27)9-10-23-22(28)20-4-3-15-29-20/h3-8,15H,2,9-14,16-17H2,1H3,(H,23,28)(H,24,27). The van der Waals surface area contributed by atoms with Gasteiger partial charge in [-0.05, 0) is 29.8 Å². The Morgan fingerprint density at radius 3 is 2.31 bits per heavy atom. The van der Waals surface area contributed by atoms with E-state index in [0.29, 0.717) is 6.54 Å². The van der Waals surface area contributed by atoms with Crippen LogP contribution in [0.1, 0.15) is 35.0 Å². The minimum absolute atomic E-state index is 0.0948. The second-order valence-corrected chi connectivity index (χ2v) is 7.29. The van der Waals surface area contributed by atoms with E-state index >= 15 is 0 Å². The van der Waals surface area contributed by atoms with Gasteiger partial charge in [0.15, 0.2) is 5.76 Å². The number of nitrogens with zero attached hydrogens (tertiary/aromatic N) is 2. The molecule has 1 aromatic heterocycles. The fraction of sp³-hybridized carbons (Fsp3) is 0.455. The molecule has 0 aliphatic carbocycles. The van der Waals surface area contributed by atoms with Crippen molar-refractivity contribution in [3.05, 3.63) is 59.5 Å². The molecule has 0 radical (unpaired) electrons. The molecular weight excluding hydrogens is 368 g/mol. The molecule has 7 heteroatoms. The summed E-state index contributed by atoms with van der Waals surface area (Å²) in [6, 6.07) is 11.6. The fourth-order valence-corrected chi connectivity index (χ4v) is 3.36. The summed E-state index contributed by atoms with van der Waals surface area (Å²) in [6.45, 7) is 9.58. The van der Waals surface area contributed by atoms with Gasteiger partial charge in [-0.3, -0.25) is 14.5 Å². The zero-order valence-electron chi connectivity index (χ0n) is 17.0. The summed E-state index contributed by atoms with van der Waals surface area (Å²) < 4.78 is 5.01. The Balaban J connectivity index is 1.33. The Morgan fingerprint density at radius 1 is 0.966 bits per heavy atom. The van der Waals surface area contributed by atoms with Crippen molar-refractivity contribution in [3.8, 4) is 0 Å². The van der Waals surface area contributed by atoms with Gasteiger partial charge in [0.1, 0.15) is 0 Å². The van der Waals surface area contributed by atoms with Crippen molar-refractivity contribution in [1.82, 2.24) is 20.4 Å². The van der Waals surface area contributed by atoms with Crippen LogP contribution in [-0.4, -0.2) is 60.9 Å². The maximum Gasteiger partial charge on any atom is 0.286 e. The van der Waals surface area contributed by atoms with E-state index in [0.717, 1.165) is 44.8 Å². The van der Waals surface area contributed by atoms with E-state index in [1.165, 1.54) is 11.8 Å². The maximum atomic E-state index is 12.0. The molecule has 0 saturated carbocycles. The number of carbonyl (C=O) groups excluding carboxylic acids is 2. The summed E-state index contributed by atoms with van der Waals surface area (Å²) in [4.78, 5) is 28.7. The number of nitrogens with one attached hydrogen (secondary N) is 2. The molecule has 1 aliphatic heterocycles. The molecule has 2 N–H and O–H groups in total. The predicted molar refractivity (Wildman–Crippen MR) is 111 cm³/mol. The monoisotopic (exact) mass is 398 g/mol. The average Bonchev–Trinajstić information content (AvgIpc) is 3.29. The van der Waals surface area contributed by atoms with E-state index in [2.05, 4.69) is 51.6 Å². The van der Waals surface area contributed by atoms with Crippen LogP contribution in [-0.2, 0) is 17.9 Å². The molecule has 156 valence electrons. The molecule has 29 heavy (non-hydrogen) atoms. The maximum absolute atomic E-state index is 12.0. The number of carbonyl (C=O) groups is 2. The van der Waals surface area contributed by atoms with Crippen LogP contribution in [0.2, 0.25) is 0 Å². The van der Waals surface area contributed by atoms with Gasteiger partial charge in [0.05, 0.1) is 6.26 Å². The second kappa shape index (κ2) is 10.8. The molecule has 1 aromatic carbocycles. The first-order valence-electron chi connectivity index (χ1n) is 10.2. The Hall–Kier alpha value is -2.64. The van der Waals surface area contributed by atoms with Crippen molar-refractivity contribution >= 4 is 11.8 Å². The van der Waals surface area contributed by atoms with Gasteiger partial charge >= 0.3 is 0 Å². The number of piperazine rings is 1. The van der Waals surface area contributed by atoms with Crippen molar-refractivity contribution in [1.29, 1.82) is 0 Å². The third kappa shape index (κ3) is 6.73. The zero-order chi connectivity index (χ0) is 20.5. The minimum Gasteiger partial charge on any atom is -0.459 e. The van der Waals surface area contributed by atoms with Gasteiger partial charge in [0.25, 0.3) is 5.91 Å². The molecule has 3 rings (SSSR count). The van der Waals surface area contributed by atoms with Crippen LogP contribution in [0, 0.1) is 0 Å². The first kappa shape index (κ1) is 21.1. The van der Waals surface area contributed by atoms with E-state index in [4.69, 9.17) is 4.42 Å². The molecule has 2 aromatic rings. The Bertz CT molecular complexity index is 766. The molecule has 1 fully saturated rings. The molecule has 1 saturated heterocycles. The van der Waals surface area contributed by atoms with Gasteiger partial charge in [0.2, 0.25) is 5.91 Å². The highest BCUT2D eigenvalue weighted by Gasteiger charge is 2.15. The summed E-state index contributed by atoms with van der Waals surface area (Å²) in [5.74, 6) is -0.158. The van der Waals surface area contributed by atoms with Gasteiger partial charge in [-0.2, -0.15) is 0 Å². The van der Waals surface area contributed by atoms with Crippen LogP contribution < -0.4 is 10.6 Å². The molecule has 0 spiro atoms. The quantitative estimate of drug-likeness (QED) is 0.674. The number of hydrogen-bond acceptors (Lipinski definition) is 5. The first-order chi connectivity index (χ1) is 14.1. The summed E-state index contributed by atoms with van der Waals surface area (Å²) in [6.07, 6.45) is 1.67. The molecule has 2 amide bonds. The molecule has 0 bridgehead atoms. The largest absolute Gasteiger partial charge is 0.459 e. The second-order valence-electron chi connectivity index (χ2n) is 7.29. The number of likely N-dealkylation sites (N-methyl/N-ethyl adjacent to an activating group) is 1. The van der Waals surface area contributed by atoms with Gasteiger partial charge in [-0.1, -0.05) is 31.2 Å². The van der Waals surface area contributed by atoms with E-state index in [1.54, 1.807) is 12.1 Å². The smallest absolute Gasteiger partial charge is 0.286 e. The lowest BCUT2D eigenvalue weighted by Gasteiger charge is -2.34. The number of rotatable bonds is 9. The van der Waals surface area contributed by atoms with Crippen molar-refractivity contribution in [3.63, 3.8) is 0 Å². The average molecular weight is 399 g/mol. The highest BCUT2D eigenvalue weighted by molar-refractivity contribution is 5.91. The Labute approximate surface area is 172 Å².